The van der Waals surface area contributed by atoms with E-state index in [1.54, 1.807) is 0 Å². The highest BCUT2D eigenvalue weighted by atomic mass is 15.1. The molecule has 7 aromatic carbocycles. The lowest BCUT2D eigenvalue weighted by atomic mass is 9.94. The minimum atomic E-state index is 0.983. The Balaban J connectivity index is 1.18. The molecule has 8 rings (SSSR count). The van der Waals surface area contributed by atoms with Gasteiger partial charge in [0.25, 0.3) is 0 Å². The molecular weight excluding hydrogens is 484 g/mol. The molecule has 2 heteroatoms. The predicted octanol–water partition coefficient (Wildman–Crippen LogP) is 10.0. The van der Waals surface area contributed by atoms with Gasteiger partial charge in [0.1, 0.15) is 5.82 Å². The van der Waals surface area contributed by atoms with Crippen LogP contribution in [-0.2, 0) is 7.05 Å². The molecule has 0 radical (unpaired) electrons. The van der Waals surface area contributed by atoms with E-state index in [0.29, 0.717) is 0 Å². The zero-order chi connectivity index (χ0) is 26.6. The Labute approximate surface area is 232 Å². The number of imidazole rings is 1. The Morgan fingerprint density at radius 3 is 1.93 bits per heavy atom. The van der Waals surface area contributed by atoms with Crippen LogP contribution in [0.25, 0.3) is 77.0 Å². The van der Waals surface area contributed by atoms with Gasteiger partial charge in [-0.15, -0.1) is 0 Å². The van der Waals surface area contributed by atoms with E-state index in [1.165, 1.54) is 49.0 Å². The van der Waals surface area contributed by atoms with E-state index in [0.717, 1.165) is 28.0 Å². The number of aromatic nitrogens is 2. The molecular formula is C38H26N2. The standard InChI is InChI=1S/C38H26N2/c1-40-36-13-7-12-33(37(36)39-38(40)28-9-3-2-4-10-28)27-16-14-25(15-17-27)29-19-21-32-30(24-29)20-23-34-31-11-6-5-8-26(31)18-22-35(32)34/h2-24H,1H3. The summed E-state index contributed by atoms with van der Waals surface area (Å²) in [4.78, 5) is 5.08. The number of para-hydroxylation sites is 1. The van der Waals surface area contributed by atoms with Crippen molar-refractivity contribution in [3.63, 3.8) is 0 Å². The summed E-state index contributed by atoms with van der Waals surface area (Å²) in [5.74, 6) is 0.983. The molecule has 0 spiro atoms. The first-order valence-electron chi connectivity index (χ1n) is 13.7. The lowest BCUT2D eigenvalue weighted by Gasteiger charge is -2.10. The van der Waals surface area contributed by atoms with Gasteiger partial charge in [-0.05, 0) is 61.1 Å². The molecule has 0 saturated carbocycles. The Kier molecular flexibility index (Phi) is 5.08. The van der Waals surface area contributed by atoms with Crippen LogP contribution in [0, 0.1) is 0 Å². The summed E-state index contributed by atoms with van der Waals surface area (Å²) in [5.41, 5.74) is 8.05. The van der Waals surface area contributed by atoms with Gasteiger partial charge >= 0.3 is 0 Å². The van der Waals surface area contributed by atoms with Crippen molar-refractivity contribution in [1.82, 2.24) is 9.55 Å². The molecule has 2 nitrogen and oxygen atoms in total. The minimum absolute atomic E-state index is 0.983. The molecule has 1 heterocycles. The van der Waals surface area contributed by atoms with Crippen molar-refractivity contribution in [2.45, 2.75) is 0 Å². The van der Waals surface area contributed by atoms with E-state index in [1.807, 2.05) is 6.07 Å². The van der Waals surface area contributed by atoms with Gasteiger partial charge in [-0.1, -0.05) is 127 Å². The summed E-state index contributed by atoms with van der Waals surface area (Å²) in [7, 11) is 2.09. The van der Waals surface area contributed by atoms with Crippen LogP contribution in [0.15, 0.2) is 140 Å². The van der Waals surface area contributed by atoms with Crippen LogP contribution in [-0.4, -0.2) is 9.55 Å². The molecule has 0 N–H and O–H groups in total. The average molecular weight is 511 g/mol. The fourth-order valence-corrected chi connectivity index (χ4v) is 6.14. The molecule has 0 fully saturated rings. The fraction of sp³-hybridized carbons (Fsp3) is 0.0263. The second kappa shape index (κ2) is 8.93. The SMILES string of the molecule is Cn1c(-c2ccccc2)nc2c(-c3ccc(-c4ccc5c(ccc6c7ccccc7ccc56)c4)cc3)cccc21. The van der Waals surface area contributed by atoms with Crippen molar-refractivity contribution in [1.29, 1.82) is 0 Å². The van der Waals surface area contributed by atoms with Crippen LogP contribution in [0.4, 0.5) is 0 Å². The molecule has 0 unspecified atom stereocenters. The molecule has 0 atom stereocenters. The first-order chi connectivity index (χ1) is 19.7. The Hall–Kier alpha value is -5.21. The third-order valence-electron chi connectivity index (χ3n) is 8.21. The molecule has 0 amide bonds. The van der Waals surface area contributed by atoms with E-state index < -0.39 is 0 Å². The fourth-order valence-electron chi connectivity index (χ4n) is 6.14. The van der Waals surface area contributed by atoms with Gasteiger partial charge in [0, 0.05) is 18.2 Å². The van der Waals surface area contributed by atoms with Crippen molar-refractivity contribution >= 4 is 43.4 Å². The number of nitrogens with zero attached hydrogens (tertiary/aromatic N) is 2. The van der Waals surface area contributed by atoms with Crippen molar-refractivity contribution < 1.29 is 0 Å². The topological polar surface area (TPSA) is 17.8 Å². The van der Waals surface area contributed by atoms with Crippen LogP contribution in [0.2, 0.25) is 0 Å². The molecule has 40 heavy (non-hydrogen) atoms. The quantitative estimate of drug-likeness (QED) is 0.216. The summed E-state index contributed by atoms with van der Waals surface area (Å²) in [6.45, 7) is 0. The van der Waals surface area contributed by atoms with Gasteiger partial charge in [0.05, 0.1) is 11.0 Å². The number of hydrogen-bond donors (Lipinski definition) is 0. The molecule has 0 aliphatic carbocycles. The lowest BCUT2D eigenvalue weighted by Crippen LogP contribution is -1.91. The van der Waals surface area contributed by atoms with Gasteiger partial charge in [-0.3, -0.25) is 0 Å². The lowest BCUT2D eigenvalue weighted by molar-refractivity contribution is 0.959. The largest absolute Gasteiger partial charge is 0.327 e. The maximum Gasteiger partial charge on any atom is 0.140 e. The van der Waals surface area contributed by atoms with Gasteiger partial charge in [0.2, 0.25) is 0 Å². The highest BCUT2D eigenvalue weighted by molar-refractivity contribution is 6.17. The summed E-state index contributed by atoms with van der Waals surface area (Å²) in [6, 6.07) is 50.2. The van der Waals surface area contributed by atoms with Gasteiger partial charge in [-0.25, -0.2) is 4.98 Å². The second-order valence-corrected chi connectivity index (χ2v) is 10.5. The summed E-state index contributed by atoms with van der Waals surface area (Å²) in [5, 5.41) is 7.75. The summed E-state index contributed by atoms with van der Waals surface area (Å²) in [6.07, 6.45) is 0. The van der Waals surface area contributed by atoms with E-state index in [-0.39, 0.29) is 0 Å². The monoisotopic (exact) mass is 510 g/mol. The van der Waals surface area contributed by atoms with E-state index >= 15 is 0 Å². The van der Waals surface area contributed by atoms with E-state index in [9.17, 15) is 0 Å². The zero-order valence-corrected chi connectivity index (χ0v) is 22.2. The van der Waals surface area contributed by atoms with Crippen molar-refractivity contribution in [2.75, 3.05) is 0 Å². The number of fused-ring (bicyclic) bond motifs is 6. The number of aryl methyl sites for hydroxylation is 1. The zero-order valence-electron chi connectivity index (χ0n) is 22.2. The Morgan fingerprint density at radius 2 is 1.10 bits per heavy atom. The van der Waals surface area contributed by atoms with Crippen molar-refractivity contribution in [3.8, 4) is 33.6 Å². The smallest absolute Gasteiger partial charge is 0.140 e. The van der Waals surface area contributed by atoms with Crippen molar-refractivity contribution in [2.24, 2.45) is 7.05 Å². The summed E-state index contributed by atoms with van der Waals surface area (Å²) < 4.78 is 2.18. The average Bonchev–Trinajstić information content (AvgIpc) is 3.37. The predicted molar refractivity (Wildman–Crippen MR) is 170 cm³/mol. The molecule has 8 aromatic rings. The van der Waals surface area contributed by atoms with Gasteiger partial charge in [-0.2, -0.15) is 0 Å². The van der Waals surface area contributed by atoms with Crippen LogP contribution >= 0.6 is 0 Å². The van der Waals surface area contributed by atoms with Crippen LogP contribution < -0.4 is 0 Å². The van der Waals surface area contributed by atoms with Crippen molar-refractivity contribution in [3.05, 3.63) is 140 Å². The van der Waals surface area contributed by atoms with Gasteiger partial charge < -0.3 is 4.57 Å². The number of hydrogen-bond acceptors (Lipinski definition) is 1. The Morgan fingerprint density at radius 1 is 0.450 bits per heavy atom. The van der Waals surface area contributed by atoms with Crippen LogP contribution in [0.1, 0.15) is 0 Å². The maximum absolute atomic E-state index is 5.08. The first-order valence-corrected chi connectivity index (χ1v) is 13.7. The van der Waals surface area contributed by atoms with Crippen LogP contribution in [0.5, 0.6) is 0 Å². The highest BCUT2D eigenvalue weighted by Crippen LogP contribution is 2.35. The minimum Gasteiger partial charge on any atom is -0.327 e. The molecule has 0 aliphatic rings. The van der Waals surface area contributed by atoms with Gasteiger partial charge in [0.15, 0.2) is 0 Å². The molecule has 0 saturated heterocycles. The molecule has 0 aliphatic heterocycles. The maximum atomic E-state index is 5.08. The Bertz CT molecular complexity index is 2200. The highest BCUT2D eigenvalue weighted by Gasteiger charge is 2.14. The molecule has 188 valence electrons. The number of rotatable bonds is 3. The first kappa shape index (κ1) is 22.7. The second-order valence-electron chi connectivity index (χ2n) is 10.5. The number of benzene rings is 7. The third kappa shape index (κ3) is 3.54. The van der Waals surface area contributed by atoms with Crippen LogP contribution in [0.3, 0.4) is 0 Å². The normalized spacial score (nSPS) is 11.6. The van der Waals surface area contributed by atoms with E-state index in [2.05, 4.69) is 145 Å². The van der Waals surface area contributed by atoms with E-state index in [4.69, 9.17) is 4.98 Å². The summed E-state index contributed by atoms with van der Waals surface area (Å²) >= 11 is 0. The third-order valence-corrected chi connectivity index (χ3v) is 8.21. The molecule has 1 aromatic heterocycles. The molecule has 0 bridgehead atoms.